The van der Waals surface area contributed by atoms with Crippen molar-refractivity contribution in [2.45, 2.75) is 50.7 Å². The average molecular weight is 369 g/mol. The molecule has 4 rings (SSSR count). The van der Waals surface area contributed by atoms with E-state index in [0.29, 0.717) is 0 Å². The van der Waals surface area contributed by atoms with Crippen LogP contribution in [0.1, 0.15) is 31.4 Å². The molecule has 8 heteroatoms. The average Bonchev–Trinajstić information content (AvgIpc) is 3.01. The molecule has 140 valence electrons. The summed E-state index contributed by atoms with van der Waals surface area (Å²) in [6, 6.07) is 3.41. The van der Waals surface area contributed by atoms with Crippen LogP contribution in [0.2, 0.25) is 0 Å². The number of carbonyl (C=O) groups is 2. The van der Waals surface area contributed by atoms with E-state index in [1.807, 2.05) is 0 Å². The van der Waals surface area contributed by atoms with Crippen molar-refractivity contribution in [1.82, 2.24) is 0 Å². The lowest BCUT2D eigenvalue weighted by atomic mass is 9.67. The molecule has 2 amide bonds. The fourth-order valence-electron chi connectivity index (χ4n) is 4.83. The summed E-state index contributed by atoms with van der Waals surface area (Å²) in [7, 11) is 0. The SMILES string of the molecule is Cc1ccc(N2C(=O)[C@@H]3[C@H](C2=O)C2(C)C[C@H](O)C3(C)O2)cc1C(F)(F)F. The van der Waals surface area contributed by atoms with E-state index in [1.54, 1.807) is 13.8 Å². The van der Waals surface area contributed by atoms with Crippen molar-refractivity contribution >= 4 is 17.5 Å². The molecule has 3 fully saturated rings. The van der Waals surface area contributed by atoms with Gasteiger partial charge >= 0.3 is 6.18 Å². The summed E-state index contributed by atoms with van der Waals surface area (Å²) in [5.74, 6) is -2.91. The number of rotatable bonds is 1. The van der Waals surface area contributed by atoms with E-state index >= 15 is 0 Å². The third kappa shape index (κ3) is 2.00. The van der Waals surface area contributed by atoms with Crippen LogP contribution in [0.4, 0.5) is 18.9 Å². The van der Waals surface area contributed by atoms with Gasteiger partial charge in [0.1, 0.15) is 5.60 Å². The molecule has 1 N–H and O–H groups in total. The second-order valence-corrected chi connectivity index (χ2v) is 7.78. The lowest BCUT2D eigenvalue weighted by Gasteiger charge is -2.31. The van der Waals surface area contributed by atoms with E-state index in [9.17, 15) is 27.9 Å². The number of aliphatic hydroxyl groups is 1. The van der Waals surface area contributed by atoms with Crippen LogP contribution in [0.15, 0.2) is 18.2 Å². The van der Waals surface area contributed by atoms with Gasteiger partial charge in [-0.2, -0.15) is 13.2 Å². The Morgan fingerprint density at radius 3 is 2.42 bits per heavy atom. The molecule has 3 aliphatic rings. The molecule has 0 aliphatic carbocycles. The lowest BCUT2D eigenvalue weighted by molar-refractivity contribution is -0.138. The van der Waals surface area contributed by atoms with Crippen LogP contribution in [0.25, 0.3) is 0 Å². The molecule has 26 heavy (non-hydrogen) atoms. The molecule has 0 radical (unpaired) electrons. The molecule has 1 aromatic carbocycles. The predicted octanol–water partition coefficient (Wildman–Crippen LogP) is 2.43. The minimum atomic E-state index is -4.59. The number of hydrogen-bond acceptors (Lipinski definition) is 4. The first-order chi connectivity index (χ1) is 11.9. The summed E-state index contributed by atoms with van der Waals surface area (Å²) in [5.41, 5.74) is -3.19. The highest BCUT2D eigenvalue weighted by molar-refractivity contribution is 6.23. The Hall–Kier alpha value is -1.93. The van der Waals surface area contributed by atoms with E-state index in [0.717, 1.165) is 11.0 Å². The Morgan fingerprint density at radius 2 is 1.81 bits per heavy atom. The number of halogens is 3. The van der Waals surface area contributed by atoms with Crippen molar-refractivity contribution in [3.8, 4) is 0 Å². The zero-order valence-electron chi connectivity index (χ0n) is 14.4. The number of carbonyl (C=O) groups excluding carboxylic acids is 2. The summed E-state index contributed by atoms with van der Waals surface area (Å²) >= 11 is 0. The molecule has 5 nitrogen and oxygen atoms in total. The zero-order valence-corrected chi connectivity index (χ0v) is 14.4. The van der Waals surface area contributed by atoms with Crippen molar-refractivity contribution < 1.29 is 32.6 Å². The van der Waals surface area contributed by atoms with Gasteiger partial charge in [0.25, 0.3) is 0 Å². The predicted molar refractivity (Wildman–Crippen MR) is 84.2 cm³/mol. The quantitative estimate of drug-likeness (QED) is 0.772. The second-order valence-electron chi connectivity index (χ2n) is 7.78. The molecular formula is C18H18F3NO4. The number of amides is 2. The highest BCUT2D eigenvalue weighted by Gasteiger charge is 2.75. The van der Waals surface area contributed by atoms with Crippen molar-refractivity contribution in [2.24, 2.45) is 11.8 Å². The summed E-state index contributed by atoms with van der Waals surface area (Å²) < 4.78 is 45.5. The normalized spacial score (nSPS) is 39.0. The van der Waals surface area contributed by atoms with Gasteiger partial charge < -0.3 is 9.84 Å². The van der Waals surface area contributed by atoms with Crippen LogP contribution in [0.5, 0.6) is 0 Å². The number of aryl methyl sites for hydroxylation is 1. The largest absolute Gasteiger partial charge is 0.416 e. The standard InChI is InChI=1S/C18H18F3NO4/c1-8-4-5-9(6-10(8)18(19,20)21)22-14(24)12-13(15(22)25)17(3)11(23)7-16(12,2)26-17/h4-6,11-13,23H,7H2,1-3H3/t11-,12+,13-,16?,17?/m0/s1. The summed E-state index contributed by atoms with van der Waals surface area (Å²) in [4.78, 5) is 26.7. The fourth-order valence-corrected chi connectivity index (χ4v) is 4.83. The molecule has 0 spiro atoms. The first-order valence-electron chi connectivity index (χ1n) is 8.34. The minimum absolute atomic E-state index is 0.0123. The maximum Gasteiger partial charge on any atom is 0.416 e. The van der Waals surface area contributed by atoms with Crippen molar-refractivity contribution in [1.29, 1.82) is 0 Å². The Morgan fingerprint density at radius 1 is 1.19 bits per heavy atom. The minimum Gasteiger partial charge on any atom is -0.390 e. The monoisotopic (exact) mass is 369 g/mol. The second kappa shape index (κ2) is 4.86. The highest BCUT2D eigenvalue weighted by atomic mass is 19.4. The van der Waals surface area contributed by atoms with E-state index in [1.165, 1.54) is 19.1 Å². The van der Waals surface area contributed by atoms with Gasteiger partial charge in [-0.05, 0) is 38.5 Å². The molecule has 3 aliphatic heterocycles. The van der Waals surface area contributed by atoms with E-state index in [4.69, 9.17) is 4.74 Å². The number of fused-ring (bicyclic) bond motifs is 5. The zero-order chi connectivity index (χ0) is 19.2. The molecule has 2 unspecified atom stereocenters. The molecule has 3 saturated heterocycles. The van der Waals surface area contributed by atoms with Gasteiger partial charge in [0.2, 0.25) is 11.8 Å². The van der Waals surface area contributed by atoms with E-state index in [-0.39, 0.29) is 17.7 Å². The number of anilines is 1. The van der Waals surface area contributed by atoms with Gasteiger partial charge in [0.05, 0.1) is 34.8 Å². The number of ether oxygens (including phenoxy) is 1. The smallest absolute Gasteiger partial charge is 0.390 e. The molecule has 3 heterocycles. The highest BCUT2D eigenvalue weighted by Crippen LogP contribution is 2.61. The first-order valence-corrected chi connectivity index (χ1v) is 8.34. The topological polar surface area (TPSA) is 66.8 Å². The third-order valence-corrected chi connectivity index (χ3v) is 6.08. The van der Waals surface area contributed by atoms with Crippen LogP contribution in [-0.2, 0) is 20.5 Å². The Kier molecular flexibility index (Phi) is 3.27. The fraction of sp³-hybridized carbons (Fsp3) is 0.556. The van der Waals surface area contributed by atoms with Gasteiger partial charge in [-0.1, -0.05) is 6.07 Å². The summed E-state index contributed by atoms with van der Waals surface area (Å²) in [5, 5.41) is 10.3. The van der Waals surface area contributed by atoms with Gasteiger partial charge in [-0.3, -0.25) is 9.59 Å². The maximum atomic E-state index is 13.2. The van der Waals surface area contributed by atoms with Gasteiger partial charge in [0.15, 0.2) is 0 Å². The number of benzene rings is 1. The Balaban J connectivity index is 1.80. The van der Waals surface area contributed by atoms with Crippen LogP contribution in [0, 0.1) is 18.8 Å². The number of hydrogen-bond donors (Lipinski definition) is 1. The van der Waals surface area contributed by atoms with Gasteiger partial charge in [-0.25, -0.2) is 4.90 Å². The maximum absolute atomic E-state index is 13.2. The molecule has 0 aromatic heterocycles. The van der Waals surface area contributed by atoms with E-state index < -0.39 is 52.7 Å². The van der Waals surface area contributed by atoms with Crippen LogP contribution in [-0.4, -0.2) is 34.2 Å². The summed E-state index contributed by atoms with van der Waals surface area (Å²) in [6.45, 7) is 4.57. The molecule has 0 saturated carbocycles. The Bertz CT molecular complexity index is 838. The molecule has 1 aromatic rings. The Labute approximate surface area is 147 Å². The summed E-state index contributed by atoms with van der Waals surface area (Å²) in [6.07, 6.45) is -5.29. The molecule has 5 atom stereocenters. The number of imide groups is 1. The molecular weight excluding hydrogens is 351 g/mol. The number of aliphatic hydroxyl groups excluding tert-OH is 1. The van der Waals surface area contributed by atoms with E-state index in [2.05, 4.69) is 0 Å². The lowest BCUT2D eigenvalue weighted by Crippen LogP contribution is -2.49. The van der Waals surface area contributed by atoms with Crippen molar-refractivity contribution in [3.05, 3.63) is 29.3 Å². The van der Waals surface area contributed by atoms with Crippen molar-refractivity contribution in [2.75, 3.05) is 4.90 Å². The third-order valence-electron chi connectivity index (χ3n) is 6.08. The van der Waals surface area contributed by atoms with Crippen LogP contribution < -0.4 is 4.90 Å². The molecule has 2 bridgehead atoms. The van der Waals surface area contributed by atoms with Gasteiger partial charge in [0, 0.05) is 6.42 Å². The number of alkyl halides is 3. The van der Waals surface area contributed by atoms with Gasteiger partial charge in [-0.15, -0.1) is 0 Å². The van der Waals surface area contributed by atoms with Crippen LogP contribution in [0.3, 0.4) is 0 Å². The van der Waals surface area contributed by atoms with Crippen molar-refractivity contribution in [3.63, 3.8) is 0 Å². The van der Waals surface area contributed by atoms with Crippen LogP contribution >= 0.6 is 0 Å². The first kappa shape index (κ1) is 17.5. The number of nitrogens with zero attached hydrogens (tertiary/aromatic N) is 1.